The molecular weight excluding hydrogens is 601 g/mol. The summed E-state index contributed by atoms with van der Waals surface area (Å²) in [5.74, 6) is -1.07. The first-order valence-corrected chi connectivity index (χ1v) is 15.6. The lowest BCUT2D eigenvalue weighted by Crippen LogP contribution is -2.37. The van der Waals surface area contributed by atoms with Gasteiger partial charge in [0.15, 0.2) is 0 Å². The standard InChI is InChI=1S/C35H25F3N2O4S/c36-35(37,38)24-11-13-25(14-12-24)40-45(43,44)26-15-16-30-28(19-26)31(33(42)39-30)34(18-17-22-6-2-4-8-29(22)34)20-23-10-9-21-5-1-3-7-27(21)32(23)41/h1-19,31,40-41H,20H2,(H,39,42). The molecule has 2 atom stereocenters. The van der Waals surface area contributed by atoms with Crippen LogP contribution in [0.5, 0.6) is 5.75 Å². The second kappa shape index (κ2) is 10.2. The maximum atomic E-state index is 13.8. The Labute approximate surface area is 256 Å². The lowest BCUT2D eigenvalue weighted by atomic mass is 9.66. The van der Waals surface area contributed by atoms with Gasteiger partial charge in [0.05, 0.1) is 16.4 Å². The van der Waals surface area contributed by atoms with Crippen molar-refractivity contribution in [1.29, 1.82) is 0 Å². The first-order chi connectivity index (χ1) is 21.5. The van der Waals surface area contributed by atoms with Gasteiger partial charge in [0, 0.05) is 22.2 Å². The molecule has 0 saturated carbocycles. The van der Waals surface area contributed by atoms with E-state index in [0.717, 1.165) is 40.8 Å². The molecule has 226 valence electrons. The number of nitrogens with one attached hydrogen (secondary N) is 2. The molecule has 45 heavy (non-hydrogen) atoms. The summed E-state index contributed by atoms with van der Waals surface area (Å²) >= 11 is 0. The second-order valence-corrected chi connectivity index (χ2v) is 13.0. The van der Waals surface area contributed by atoms with Crippen LogP contribution >= 0.6 is 0 Å². The summed E-state index contributed by atoms with van der Waals surface area (Å²) in [4.78, 5) is 13.7. The van der Waals surface area contributed by atoms with Crippen LogP contribution in [0.25, 0.3) is 16.8 Å². The molecule has 2 unspecified atom stereocenters. The number of aromatic hydroxyl groups is 1. The summed E-state index contributed by atoms with van der Waals surface area (Å²) in [5, 5.41) is 15.8. The van der Waals surface area contributed by atoms with E-state index in [0.29, 0.717) is 22.2 Å². The Morgan fingerprint density at radius 1 is 0.889 bits per heavy atom. The van der Waals surface area contributed by atoms with Crippen LogP contribution in [-0.4, -0.2) is 19.4 Å². The van der Waals surface area contributed by atoms with Gasteiger partial charge in [0.25, 0.3) is 10.0 Å². The van der Waals surface area contributed by atoms with E-state index in [1.165, 1.54) is 18.2 Å². The molecule has 7 rings (SSSR count). The molecule has 5 aromatic carbocycles. The van der Waals surface area contributed by atoms with Gasteiger partial charge >= 0.3 is 6.18 Å². The van der Waals surface area contributed by atoms with Crippen LogP contribution < -0.4 is 10.0 Å². The minimum Gasteiger partial charge on any atom is -0.507 e. The summed E-state index contributed by atoms with van der Waals surface area (Å²) < 4.78 is 68.3. The van der Waals surface area contributed by atoms with Crippen molar-refractivity contribution >= 4 is 44.2 Å². The van der Waals surface area contributed by atoms with Gasteiger partial charge in [-0.05, 0) is 76.5 Å². The summed E-state index contributed by atoms with van der Waals surface area (Å²) in [5.41, 5.74) is 1.40. The number of carbonyl (C=O) groups excluding carboxylic acids is 1. The number of anilines is 2. The number of amides is 1. The average molecular weight is 627 g/mol. The molecule has 0 spiro atoms. The van der Waals surface area contributed by atoms with Gasteiger partial charge in [-0.3, -0.25) is 9.52 Å². The Balaban J connectivity index is 1.31. The SMILES string of the molecule is O=C1Nc2ccc(S(=O)(=O)Nc3ccc(C(F)(F)F)cc3)cc2C1C1(Cc2ccc3ccccc3c2O)C=Cc2ccccc21. The van der Waals surface area contributed by atoms with Gasteiger partial charge in [-0.2, -0.15) is 13.2 Å². The summed E-state index contributed by atoms with van der Waals surface area (Å²) in [6, 6.07) is 26.9. The van der Waals surface area contributed by atoms with Gasteiger partial charge in [-0.25, -0.2) is 8.42 Å². The quantitative estimate of drug-likeness (QED) is 0.181. The number of hydrogen-bond acceptors (Lipinski definition) is 4. The number of phenolic OH excluding ortho intramolecular Hbond substituents is 1. The molecule has 1 aliphatic carbocycles. The monoisotopic (exact) mass is 626 g/mol. The van der Waals surface area contributed by atoms with Crippen LogP contribution in [0.15, 0.2) is 114 Å². The molecule has 5 aromatic rings. The summed E-state index contributed by atoms with van der Waals surface area (Å²) in [6.07, 6.45) is -0.424. The van der Waals surface area contributed by atoms with Gasteiger partial charge < -0.3 is 10.4 Å². The van der Waals surface area contributed by atoms with Crippen molar-refractivity contribution in [3.05, 3.63) is 137 Å². The van der Waals surface area contributed by atoms with E-state index >= 15 is 0 Å². The smallest absolute Gasteiger partial charge is 0.416 e. The van der Waals surface area contributed by atoms with E-state index in [9.17, 15) is 31.5 Å². The number of sulfonamides is 1. The van der Waals surface area contributed by atoms with E-state index in [4.69, 9.17) is 0 Å². The van der Waals surface area contributed by atoms with Crippen molar-refractivity contribution in [2.24, 2.45) is 0 Å². The molecule has 10 heteroatoms. The Kier molecular flexibility index (Phi) is 6.52. The largest absolute Gasteiger partial charge is 0.507 e. The highest BCUT2D eigenvalue weighted by atomic mass is 32.2. The van der Waals surface area contributed by atoms with Crippen LogP contribution in [0.3, 0.4) is 0 Å². The summed E-state index contributed by atoms with van der Waals surface area (Å²) in [6.45, 7) is 0. The molecule has 0 aromatic heterocycles. The number of halogens is 3. The zero-order valence-corrected chi connectivity index (χ0v) is 24.3. The van der Waals surface area contributed by atoms with Crippen molar-refractivity contribution in [2.75, 3.05) is 10.0 Å². The number of carbonyl (C=O) groups is 1. The molecule has 0 radical (unpaired) electrons. The van der Waals surface area contributed by atoms with E-state index in [-0.39, 0.29) is 28.7 Å². The highest BCUT2D eigenvalue weighted by Gasteiger charge is 2.50. The molecule has 2 aliphatic rings. The fraction of sp³-hybridized carbons (Fsp3) is 0.114. The molecule has 6 nitrogen and oxygen atoms in total. The molecule has 1 amide bonds. The van der Waals surface area contributed by atoms with Crippen LogP contribution in [0.2, 0.25) is 0 Å². The molecule has 1 aliphatic heterocycles. The Hall–Kier alpha value is -5.09. The molecule has 0 saturated heterocycles. The number of hydrogen-bond donors (Lipinski definition) is 3. The average Bonchev–Trinajstić information content (AvgIpc) is 3.55. The van der Waals surface area contributed by atoms with Gasteiger partial charge in [0.1, 0.15) is 5.75 Å². The van der Waals surface area contributed by atoms with Crippen molar-refractivity contribution in [2.45, 2.75) is 28.8 Å². The Morgan fingerprint density at radius 2 is 1.62 bits per heavy atom. The lowest BCUT2D eigenvalue weighted by molar-refractivity contribution is -0.137. The maximum Gasteiger partial charge on any atom is 0.416 e. The third-order valence-corrected chi connectivity index (χ3v) is 10.0. The summed E-state index contributed by atoms with van der Waals surface area (Å²) in [7, 11) is -4.25. The number of phenols is 1. The third kappa shape index (κ3) is 4.82. The predicted molar refractivity (Wildman–Crippen MR) is 167 cm³/mol. The first kappa shape index (κ1) is 28.7. The Bertz CT molecular complexity index is 2140. The molecule has 1 heterocycles. The van der Waals surface area contributed by atoms with Crippen LogP contribution in [0.1, 0.15) is 33.7 Å². The highest BCUT2D eigenvalue weighted by molar-refractivity contribution is 7.92. The minimum atomic E-state index is -4.56. The maximum absolute atomic E-state index is 13.8. The minimum absolute atomic E-state index is 0.0369. The van der Waals surface area contributed by atoms with Gasteiger partial charge in [-0.15, -0.1) is 0 Å². The molecular formula is C35H25F3N2O4S. The van der Waals surface area contributed by atoms with Gasteiger partial charge in [0.2, 0.25) is 5.91 Å². The first-order valence-electron chi connectivity index (χ1n) is 14.1. The van der Waals surface area contributed by atoms with Crippen molar-refractivity contribution in [3.8, 4) is 5.75 Å². The number of allylic oxidation sites excluding steroid dienone is 1. The normalized spacial score (nSPS) is 18.9. The van der Waals surface area contributed by atoms with Crippen LogP contribution in [0.4, 0.5) is 24.5 Å². The topological polar surface area (TPSA) is 95.5 Å². The number of fused-ring (bicyclic) bond motifs is 3. The number of rotatable bonds is 6. The van der Waals surface area contributed by atoms with Crippen LogP contribution in [-0.2, 0) is 32.8 Å². The second-order valence-electron chi connectivity index (χ2n) is 11.3. The molecule has 0 fully saturated rings. The third-order valence-electron chi connectivity index (χ3n) is 8.63. The van der Waals surface area contributed by atoms with E-state index in [2.05, 4.69) is 10.0 Å². The fourth-order valence-corrected chi connectivity index (χ4v) is 7.61. The zero-order chi connectivity index (χ0) is 31.6. The van der Waals surface area contributed by atoms with Crippen molar-refractivity contribution in [1.82, 2.24) is 0 Å². The molecule has 3 N–H and O–H groups in total. The Morgan fingerprint density at radius 3 is 2.40 bits per heavy atom. The zero-order valence-electron chi connectivity index (χ0n) is 23.5. The van der Waals surface area contributed by atoms with Crippen molar-refractivity contribution in [3.63, 3.8) is 0 Å². The lowest BCUT2D eigenvalue weighted by Gasteiger charge is -2.35. The number of benzene rings is 5. The van der Waals surface area contributed by atoms with Crippen molar-refractivity contribution < 1.29 is 31.5 Å². The van der Waals surface area contributed by atoms with E-state index in [1.54, 1.807) is 0 Å². The predicted octanol–water partition coefficient (Wildman–Crippen LogP) is 7.61. The number of alkyl halides is 3. The fourth-order valence-electron chi connectivity index (χ4n) is 6.52. The molecule has 0 bridgehead atoms. The highest BCUT2D eigenvalue weighted by Crippen LogP contribution is 2.53. The van der Waals surface area contributed by atoms with Crippen LogP contribution in [0, 0.1) is 0 Å². The van der Waals surface area contributed by atoms with E-state index in [1.807, 2.05) is 72.8 Å². The van der Waals surface area contributed by atoms with Gasteiger partial charge in [-0.1, -0.05) is 72.8 Å². The van der Waals surface area contributed by atoms with E-state index < -0.39 is 33.1 Å².